The van der Waals surface area contributed by atoms with Gasteiger partial charge in [0.1, 0.15) is 11.8 Å². The third-order valence-electron chi connectivity index (χ3n) is 1.68. The Morgan fingerprint density at radius 3 is 2.07 bits per heavy atom. The van der Waals surface area contributed by atoms with Crippen molar-refractivity contribution in [3.8, 4) is 5.75 Å². The third kappa shape index (κ3) is 3.26. The highest BCUT2D eigenvalue weighted by Crippen LogP contribution is 2.23. The van der Waals surface area contributed by atoms with Crippen molar-refractivity contribution in [2.75, 3.05) is 0 Å². The van der Waals surface area contributed by atoms with Gasteiger partial charge in [0.25, 0.3) is 0 Å². The fourth-order valence-electron chi connectivity index (χ4n) is 0.998. The minimum Gasteiger partial charge on any atom is -0.406 e. The number of quaternary nitrogens is 1. The summed E-state index contributed by atoms with van der Waals surface area (Å²) in [7, 11) is 0. The van der Waals surface area contributed by atoms with Crippen molar-refractivity contribution >= 4 is 0 Å². The largest absolute Gasteiger partial charge is 0.573 e. The molecule has 1 unspecified atom stereocenters. The highest BCUT2D eigenvalue weighted by atomic mass is 19.4. The third-order valence-corrected chi connectivity index (χ3v) is 1.68. The Morgan fingerprint density at radius 2 is 1.71 bits per heavy atom. The molecule has 78 valence electrons. The van der Waals surface area contributed by atoms with Gasteiger partial charge in [0.15, 0.2) is 0 Å². The van der Waals surface area contributed by atoms with E-state index in [0.29, 0.717) is 0 Å². The van der Waals surface area contributed by atoms with E-state index in [9.17, 15) is 13.2 Å². The Labute approximate surface area is 79.5 Å². The van der Waals surface area contributed by atoms with E-state index in [1.807, 2.05) is 6.92 Å². The van der Waals surface area contributed by atoms with Crippen LogP contribution >= 0.6 is 0 Å². The minimum atomic E-state index is -4.63. The summed E-state index contributed by atoms with van der Waals surface area (Å²) in [6.45, 7) is 1.86. The second-order valence-corrected chi connectivity index (χ2v) is 3.02. The number of hydrogen-bond acceptors (Lipinski definition) is 1. The maximum absolute atomic E-state index is 11.8. The van der Waals surface area contributed by atoms with Crippen LogP contribution in [0.25, 0.3) is 0 Å². The molecule has 1 rings (SSSR count). The second-order valence-electron chi connectivity index (χ2n) is 3.02. The molecule has 5 heteroatoms. The molecule has 0 bridgehead atoms. The maximum Gasteiger partial charge on any atom is 0.573 e. The topological polar surface area (TPSA) is 36.9 Å². The SMILES string of the molecule is CC([NH3+])c1ccc(OC(F)(F)F)cc1. The molecule has 3 N–H and O–H groups in total. The molecule has 0 aliphatic heterocycles. The van der Waals surface area contributed by atoms with Gasteiger partial charge in [0, 0.05) is 5.56 Å². The van der Waals surface area contributed by atoms with Gasteiger partial charge in [-0.15, -0.1) is 13.2 Å². The molecular weight excluding hydrogens is 195 g/mol. The van der Waals surface area contributed by atoms with Gasteiger partial charge in [-0.2, -0.15) is 0 Å². The molecule has 0 heterocycles. The molecule has 0 saturated carbocycles. The van der Waals surface area contributed by atoms with E-state index in [2.05, 4.69) is 10.5 Å². The first-order valence-electron chi connectivity index (χ1n) is 4.07. The minimum absolute atomic E-state index is 0.0509. The van der Waals surface area contributed by atoms with Crippen molar-refractivity contribution in [2.24, 2.45) is 0 Å². The van der Waals surface area contributed by atoms with Crippen LogP contribution < -0.4 is 10.5 Å². The Kier molecular flexibility index (Phi) is 3.00. The van der Waals surface area contributed by atoms with Crippen molar-refractivity contribution in [1.82, 2.24) is 0 Å². The van der Waals surface area contributed by atoms with Crippen molar-refractivity contribution in [2.45, 2.75) is 19.3 Å². The van der Waals surface area contributed by atoms with Gasteiger partial charge in [-0.05, 0) is 31.2 Å². The lowest BCUT2D eigenvalue weighted by molar-refractivity contribution is -0.420. The summed E-state index contributed by atoms with van der Waals surface area (Å²) in [6, 6.07) is 5.75. The van der Waals surface area contributed by atoms with Gasteiger partial charge < -0.3 is 10.5 Å². The summed E-state index contributed by atoms with van der Waals surface area (Å²) in [6.07, 6.45) is -4.63. The molecule has 1 aromatic carbocycles. The Hall–Kier alpha value is -1.23. The van der Waals surface area contributed by atoms with Crippen LogP contribution in [-0.4, -0.2) is 6.36 Å². The number of rotatable bonds is 2. The summed E-state index contributed by atoms with van der Waals surface area (Å²) in [5.41, 5.74) is 4.62. The molecular formula is C9H11F3NO+. The molecule has 0 fully saturated rings. The molecule has 14 heavy (non-hydrogen) atoms. The van der Waals surface area contributed by atoms with Gasteiger partial charge in [-0.25, -0.2) is 0 Å². The monoisotopic (exact) mass is 206 g/mol. The predicted octanol–water partition coefficient (Wildman–Crippen LogP) is 1.89. The van der Waals surface area contributed by atoms with Gasteiger partial charge in [0.05, 0.1) is 0 Å². The number of alkyl halides is 3. The summed E-state index contributed by atoms with van der Waals surface area (Å²) in [5, 5.41) is 0. The summed E-state index contributed by atoms with van der Waals surface area (Å²) in [4.78, 5) is 0. The van der Waals surface area contributed by atoms with Gasteiger partial charge >= 0.3 is 6.36 Å². The average Bonchev–Trinajstić information content (AvgIpc) is 2.02. The Morgan fingerprint density at radius 1 is 1.21 bits per heavy atom. The molecule has 0 aliphatic rings. The van der Waals surface area contributed by atoms with E-state index in [0.717, 1.165) is 5.56 Å². The molecule has 0 amide bonds. The van der Waals surface area contributed by atoms with Crippen LogP contribution in [0.3, 0.4) is 0 Å². The standard InChI is InChI=1S/C9H10F3NO/c1-6(13)7-2-4-8(5-3-7)14-9(10,11)12/h2-6H,13H2,1H3/p+1. The fourth-order valence-corrected chi connectivity index (χ4v) is 0.998. The van der Waals surface area contributed by atoms with Crippen LogP contribution in [0, 0.1) is 0 Å². The van der Waals surface area contributed by atoms with Crippen molar-refractivity contribution in [3.63, 3.8) is 0 Å². The Balaban J connectivity index is 2.74. The number of hydrogen-bond donors (Lipinski definition) is 1. The summed E-state index contributed by atoms with van der Waals surface area (Å²) in [5.74, 6) is -0.207. The van der Waals surface area contributed by atoms with E-state index >= 15 is 0 Å². The molecule has 0 spiro atoms. The fraction of sp³-hybridized carbons (Fsp3) is 0.333. The van der Waals surface area contributed by atoms with Crippen LogP contribution in [0.15, 0.2) is 24.3 Å². The van der Waals surface area contributed by atoms with Crippen LogP contribution in [0.4, 0.5) is 13.2 Å². The number of ether oxygens (including phenoxy) is 1. The summed E-state index contributed by atoms with van der Waals surface area (Å²) < 4.78 is 39.0. The molecule has 1 atom stereocenters. The maximum atomic E-state index is 11.8. The zero-order valence-electron chi connectivity index (χ0n) is 7.64. The van der Waals surface area contributed by atoms with Crippen LogP contribution in [-0.2, 0) is 0 Å². The normalized spacial score (nSPS) is 13.8. The van der Waals surface area contributed by atoms with Crippen molar-refractivity contribution in [3.05, 3.63) is 29.8 Å². The molecule has 1 aromatic rings. The number of benzene rings is 1. The van der Waals surface area contributed by atoms with E-state index in [1.54, 1.807) is 12.1 Å². The highest BCUT2D eigenvalue weighted by molar-refractivity contribution is 5.28. The zero-order chi connectivity index (χ0) is 10.8. The van der Waals surface area contributed by atoms with Gasteiger partial charge in [-0.1, -0.05) is 0 Å². The molecule has 0 saturated heterocycles. The first kappa shape index (κ1) is 10.8. The van der Waals surface area contributed by atoms with E-state index in [-0.39, 0.29) is 11.8 Å². The van der Waals surface area contributed by atoms with E-state index < -0.39 is 6.36 Å². The van der Waals surface area contributed by atoms with E-state index in [1.165, 1.54) is 12.1 Å². The number of halogens is 3. The first-order valence-corrected chi connectivity index (χ1v) is 4.07. The van der Waals surface area contributed by atoms with Crippen molar-refractivity contribution < 1.29 is 23.6 Å². The first-order chi connectivity index (χ1) is 6.38. The molecule has 2 nitrogen and oxygen atoms in total. The zero-order valence-corrected chi connectivity index (χ0v) is 7.64. The molecule has 0 radical (unpaired) electrons. The lowest BCUT2D eigenvalue weighted by Gasteiger charge is -2.09. The predicted molar refractivity (Wildman–Crippen MR) is 44.4 cm³/mol. The molecule has 0 aromatic heterocycles. The lowest BCUT2D eigenvalue weighted by atomic mass is 10.1. The average molecular weight is 206 g/mol. The summed E-state index contributed by atoms with van der Waals surface area (Å²) >= 11 is 0. The van der Waals surface area contributed by atoms with Crippen LogP contribution in [0.5, 0.6) is 5.75 Å². The van der Waals surface area contributed by atoms with Crippen LogP contribution in [0.2, 0.25) is 0 Å². The van der Waals surface area contributed by atoms with Crippen LogP contribution in [0.1, 0.15) is 18.5 Å². The second kappa shape index (κ2) is 3.88. The molecule has 0 aliphatic carbocycles. The lowest BCUT2D eigenvalue weighted by Crippen LogP contribution is -2.51. The van der Waals surface area contributed by atoms with Crippen molar-refractivity contribution in [1.29, 1.82) is 0 Å². The van der Waals surface area contributed by atoms with E-state index in [4.69, 9.17) is 0 Å². The highest BCUT2D eigenvalue weighted by Gasteiger charge is 2.30. The quantitative estimate of drug-likeness (QED) is 0.788. The smallest absolute Gasteiger partial charge is 0.406 e. The Bertz CT molecular complexity index is 292. The van der Waals surface area contributed by atoms with Gasteiger partial charge in [0.2, 0.25) is 0 Å². The van der Waals surface area contributed by atoms with Gasteiger partial charge in [-0.3, -0.25) is 0 Å².